The maximum absolute atomic E-state index is 13.0. The second-order valence-corrected chi connectivity index (χ2v) is 3.48. The quantitative estimate of drug-likeness (QED) is 0.322. The minimum atomic E-state index is -5.49. The normalized spacial score (nSPS) is 11.9. The van der Waals surface area contributed by atoms with Gasteiger partial charge in [-0.3, -0.25) is 0 Å². The maximum atomic E-state index is 13.0. The smallest absolute Gasteiger partial charge is 0.467 e. The third-order valence-corrected chi connectivity index (χ3v) is 1.90. The molecule has 0 heterocycles. The van der Waals surface area contributed by atoms with E-state index in [0.717, 1.165) is 6.07 Å². The van der Waals surface area contributed by atoms with Crippen molar-refractivity contribution < 1.29 is 91.4 Å². The molecule has 0 aliphatic carbocycles. The van der Waals surface area contributed by atoms with E-state index >= 15 is 0 Å². The van der Waals surface area contributed by atoms with Crippen LogP contribution in [0.3, 0.4) is 0 Å². The Labute approximate surface area is 152 Å². The van der Waals surface area contributed by atoms with E-state index in [0.29, 0.717) is 12.1 Å². The Balaban J connectivity index is 0.00000361. The van der Waals surface area contributed by atoms with E-state index in [1.165, 1.54) is 0 Å². The van der Waals surface area contributed by atoms with E-state index in [1.807, 2.05) is 0 Å². The number of rotatable bonds is 5. The number of hydrogen-bond acceptors (Lipinski definition) is 2. The van der Waals surface area contributed by atoms with Crippen LogP contribution in [0.25, 0.3) is 0 Å². The number of hydrogen-bond donors (Lipinski definition) is 0. The van der Waals surface area contributed by atoms with Gasteiger partial charge in [-0.05, 0) is 6.07 Å². The first-order chi connectivity index (χ1) is 8.59. The van der Waals surface area contributed by atoms with Crippen LogP contribution in [0, 0.1) is 5.82 Å². The van der Waals surface area contributed by atoms with Gasteiger partial charge in [-0.2, -0.15) is 13.2 Å². The van der Waals surface area contributed by atoms with Crippen LogP contribution in [0.5, 0.6) is 5.75 Å². The third kappa shape index (κ3) is 7.27. The van der Waals surface area contributed by atoms with Crippen molar-refractivity contribution in [1.29, 1.82) is 0 Å². The maximum Gasteiger partial charge on any atom is 1.00 e. The average molecular weight is 330 g/mol. The van der Waals surface area contributed by atoms with Gasteiger partial charge in [0.15, 0.2) is 6.79 Å². The van der Waals surface area contributed by atoms with E-state index in [1.54, 1.807) is 0 Å². The molecule has 0 aliphatic heterocycles. The Morgan fingerprint density at radius 1 is 1.10 bits per heavy atom. The van der Waals surface area contributed by atoms with Gasteiger partial charge in [0, 0.05) is 6.07 Å². The molecule has 0 saturated heterocycles. The molecule has 0 amide bonds. The molecular formula is C9H7BF7KO2. The van der Waals surface area contributed by atoms with E-state index in [4.69, 9.17) is 0 Å². The molecule has 0 unspecified atom stereocenters. The van der Waals surface area contributed by atoms with Gasteiger partial charge in [0.2, 0.25) is 0 Å². The molecule has 20 heavy (non-hydrogen) atoms. The minimum Gasteiger partial charge on any atom is -0.467 e. The monoisotopic (exact) mass is 330 g/mol. The van der Waals surface area contributed by atoms with Crippen LogP contribution in [-0.4, -0.2) is 26.6 Å². The van der Waals surface area contributed by atoms with Crippen molar-refractivity contribution >= 4 is 12.4 Å². The molecule has 1 aromatic rings. The minimum absolute atomic E-state index is 0. The SMILES string of the molecule is Fc1cc(OCOCC(F)(F)F)ccc1[B-](F)(F)F.[K+]. The molecule has 0 N–H and O–H groups in total. The molecule has 0 fully saturated rings. The van der Waals surface area contributed by atoms with Crippen LogP contribution >= 0.6 is 0 Å². The second-order valence-electron chi connectivity index (χ2n) is 3.48. The van der Waals surface area contributed by atoms with Crippen LogP contribution in [0.15, 0.2) is 18.2 Å². The van der Waals surface area contributed by atoms with E-state index < -0.39 is 37.8 Å². The predicted octanol–water partition coefficient (Wildman–Crippen LogP) is -0.201. The van der Waals surface area contributed by atoms with Crippen LogP contribution in [0.1, 0.15) is 0 Å². The Hall–Kier alpha value is 0.191. The van der Waals surface area contributed by atoms with Crippen LogP contribution < -0.4 is 61.6 Å². The topological polar surface area (TPSA) is 18.5 Å². The first kappa shape index (κ1) is 20.2. The van der Waals surface area contributed by atoms with Crippen LogP contribution in [0.2, 0.25) is 0 Å². The summed E-state index contributed by atoms with van der Waals surface area (Å²) < 4.78 is 93.4. The summed E-state index contributed by atoms with van der Waals surface area (Å²) in [6, 6.07) is 1.68. The summed E-state index contributed by atoms with van der Waals surface area (Å²) >= 11 is 0. The molecule has 108 valence electrons. The van der Waals surface area contributed by atoms with Crippen molar-refractivity contribution in [2.75, 3.05) is 13.4 Å². The predicted molar refractivity (Wildman–Crippen MR) is 52.6 cm³/mol. The van der Waals surface area contributed by atoms with E-state index in [-0.39, 0.29) is 57.1 Å². The van der Waals surface area contributed by atoms with Gasteiger partial charge >= 0.3 is 64.5 Å². The standard InChI is InChI=1S/C9H7BF7O2.K/c11-8-3-6(1-2-7(8)10(15,16)17)19-5-18-4-9(12,13)14;/h1-3H,4-5H2;/q-1;+1. The third-order valence-electron chi connectivity index (χ3n) is 1.90. The van der Waals surface area contributed by atoms with Crippen molar-refractivity contribution in [2.45, 2.75) is 6.18 Å². The van der Waals surface area contributed by atoms with Crippen molar-refractivity contribution in [3.8, 4) is 5.75 Å². The fraction of sp³-hybridized carbons (Fsp3) is 0.333. The summed E-state index contributed by atoms with van der Waals surface area (Å²) in [6.45, 7) is -7.91. The first-order valence-electron chi connectivity index (χ1n) is 4.86. The van der Waals surface area contributed by atoms with Crippen molar-refractivity contribution in [3.05, 3.63) is 24.0 Å². The summed E-state index contributed by atoms with van der Waals surface area (Å²) in [5.74, 6) is -1.91. The summed E-state index contributed by atoms with van der Waals surface area (Å²) in [4.78, 5) is 0. The van der Waals surface area contributed by atoms with Gasteiger partial charge in [0.05, 0.1) is 5.82 Å². The largest absolute Gasteiger partial charge is 1.00 e. The van der Waals surface area contributed by atoms with Gasteiger partial charge in [-0.25, -0.2) is 4.39 Å². The molecule has 1 rings (SSSR count). The zero-order chi connectivity index (χ0) is 14.7. The second kappa shape index (κ2) is 7.99. The number of ether oxygens (including phenoxy) is 2. The molecule has 1 aromatic carbocycles. The molecule has 0 bridgehead atoms. The molecule has 0 radical (unpaired) electrons. The molecule has 0 saturated carbocycles. The zero-order valence-electron chi connectivity index (χ0n) is 10.2. The summed E-state index contributed by atoms with van der Waals surface area (Å²) in [6.07, 6.45) is -4.54. The Bertz CT molecular complexity index is 435. The van der Waals surface area contributed by atoms with Gasteiger partial charge in [0.25, 0.3) is 0 Å². The Morgan fingerprint density at radius 3 is 2.15 bits per heavy atom. The summed E-state index contributed by atoms with van der Waals surface area (Å²) in [7, 11) is 0. The average Bonchev–Trinajstić information content (AvgIpc) is 2.21. The molecule has 0 atom stereocenters. The van der Waals surface area contributed by atoms with Gasteiger partial charge < -0.3 is 22.4 Å². The fourth-order valence-corrected chi connectivity index (χ4v) is 1.13. The molecular weight excluding hydrogens is 323 g/mol. The van der Waals surface area contributed by atoms with Crippen LogP contribution in [-0.2, 0) is 4.74 Å². The van der Waals surface area contributed by atoms with E-state index in [2.05, 4.69) is 9.47 Å². The van der Waals surface area contributed by atoms with E-state index in [9.17, 15) is 30.5 Å². The number of alkyl halides is 3. The summed E-state index contributed by atoms with van der Waals surface area (Å²) in [5, 5.41) is 0. The number of halogens is 7. The number of benzene rings is 1. The molecule has 0 aromatic heterocycles. The van der Waals surface area contributed by atoms with Crippen LogP contribution in [0.4, 0.5) is 30.5 Å². The van der Waals surface area contributed by atoms with Gasteiger partial charge in [-0.1, -0.05) is 11.5 Å². The molecule has 0 spiro atoms. The van der Waals surface area contributed by atoms with Gasteiger partial charge in [-0.15, -0.1) is 0 Å². The van der Waals surface area contributed by atoms with Crippen molar-refractivity contribution in [3.63, 3.8) is 0 Å². The zero-order valence-corrected chi connectivity index (χ0v) is 13.3. The summed E-state index contributed by atoms with van der Waals surface area (Å²) in [5.41, 5.74) is -1.43. The Kier molecular flexibility index (Phi) is 8.07. The first-order valence-corrected chi connectivity index (χ1v) is 4.86. The van der Waals surface area contributed by atoms with Gasteiger partial charge in [0.1, 0.15) is 12.4 Å². The molecule has 2 nitrogen and oxygen atoms in total. The molecule has 11 heteroatoms. The fourth-order valence-electron chi connectivity index (χ4n) is 1.13. The Morgan fingerprint density at radius 2 is 1.70 bits per heavy atom. The van der Waals surface area contributed by atoms with Crippen molar-refractivity contribution in [2.24, 2.45) is 0 Å². The molecule has 0 aliphatic rings. The van der Waals surface area contributed by atoms with Crippen molar-refractivity contribution in [1.82, 2.24) is 0 Å².